The molecule has 0 bridgehead atoms. The lowest BCUT2D eigenvalue weighted by atomic mass is 9.94. The summed E-state index contributed by atoms with van der Waals surface area (Å²) >= 11 is 0.843. The lowest BCUT2D eigenvalue weighted by Crippen LogP contribution is -2.27. The van der Waals surface area contributed by atoms with Crippen LogP contribution in [0, 0.1) is 28.9 Å². The van der Waals surface area contributed by atoms with Crippen LogP contribution in [0.25, 0.3) is 32.2 Å². The van der Waals surface area contributed by atoms with Crippen LogP contribution in [0.4, 0.5) is 18.6 Å². The lowest BCUT2D eigenvalue weighted by Gasteiger charge is -2.19. The smallest absolute Gasteiger partial charge is 0.412 e. The first kappa shape index (κ1) is 27.2. The summed E-state index contributed by atoms with van der Waals surface area (Å²) in [7, 11) is 0. The molecule has 212 valence electrons. The highest BCUT2D eigenvalue weighted by atomic mass is 32.1. The van der Waals surface area contributed by atoms with Gasteiger partial charge in [-0.05, 0) is 38.3 Å². The molecule has 1 amide bonds. The van der Waals surface area contributed by atoms with Crippen molar-refractivity contribution in [1.29, 1.82) is 5.26 Å². The molecule has 0 radical (unpaired) electrons. The highest BCUT2D eigenvalue weighted by Gasteiger charge is 2.31. The Morgan fingerprint density at radius 1 is 1.22 bits per heavy atom. The number of rotatable bonds is 5. The van der Waals surface area contributed by atoms with Crippen molar-refractivity contribution in [2.24, 2.45) is 5.92 Å². The van der Waals surface area contributed by atoms with Crippen molar-refractivity contribution in [1.82, 2.24) is 15.0 Å². The fourth-order valence-electron chi connectivity index (χ4n) is 4.97. The van der Waals surface area contributed by atoms with Gasteiger partial charge in [-0.15, -0.1) is 11.3 Å². The zero-order valence-corrected chi connectivity index (χ0v) is 23.3. The van der Waals surface area contributed by atoms with E-state index < -0.39 is 23.3 Å². The lowest BCUT2D eigenvalue weighted by molar-refractivity contribution is 0.0636. The number of amides is 1. The van der Waals surface area contributed by atoms with Crippen LogP contribution >= 0.6 is 11.3 Å². The molecule has 0 unspecified atom stereocenters. The first-order valence-electron chi connectivity index (χ1n) is 12.9. The third-order valence-corrected chi connectivity index (χ3v) is 7.90. The molecule has 0 aliphatic carbocycles. The van der Waals surface area contributed by atoms with Gasteiger partial charge in [-0.2, -0.15) is 10.2 Å². The number of nitrogens with zero attached hydrogens (tertiary/aromatic N) is 4. The van der Waals surface area contributed by atoms with Crippen LogP contribution < -0.4 is 10.1 Å². The van der Waals surface area contributed by atoms with E-state index in [0.717, 1.165) is 24.0 Å². The Bertz CT molecular complexity index is 1740. The quantitative estimate of drug-likeness (QED) is 0.309. The molecule has 1 N–H and O–H groups in total. The number of thiophene rings is 1. The van der Waals surface area contributed by atoms with E-state index in [9.17, 15) is 10.1 Å². The average molecular weight is 582 g/mol. The van der Waals surface area contributed by atoms with Crippen LogP contribution in [0.3, 0.4) is 0 Å². The third-order valence-electron chi connectivity index (χ3n) is 6.78. The standard InChI is InChI=1S/C28H25F2N5O5S/c1-28(2,3)40-27(36)35-25-14(6-31)20-23(32-8-18(29)24(20)41-25)19-17-12-38-11-16(17)15-7-33-26(34-22(15)21(19)30)39-10-13-4-5-37-9-13/h7-8,13H,4-5,9-12H2,1-3H3,(H,35,36)/t13-/m0/s1. The minimum atomic E-state index is -0.810. The molecule has 4 aromatic rings. The number of ether oxygens (including phenoxy) is 4. The maximum absolute atomic E-state index is 16.5. The largest absolute Gasteiger partial charge is 0.463 e. The average Bonchev–Trinajstić information content (AvgIpc) is 3.68. The van der Waals surface area contributed by atoms with Crippen LogP contribution in [-0.2, 0) is 27.4 Å². The Morgan fingerprint density at radius 3 is 2.76 bits per heavy atom. The van der Waals surface area contributed by atoms with Gasteiger partial charge in [-0.25, -0.2) is 18.6 Å². The van der Waals surface area contributed by atoms with E-state index in [1.54, 1.807) is 20.8 Å². The molecule has 1 aromatic carbocycles. The molecule has 1 saturated heterocycles. The molecule has 5 heterocycles. The van der Waals surface area contributed by atoms with Crippen LogP contribution in [0.5, 0.6) is 6.01 Å². The van der Waals surface area contributed by atoms with Crippen molar-refractivity contribution < 1.29 is 32.5 Å². The molecule has 0 spiro atoms. The Labute approximate surface area is 237 Å². The van der Waals surface area contributed by atoms with E-state index in [1.807, 2.05) is 6.07 Å². The van der Waals surface area contributed by atoms with E-state index in [4.69, 9.17) is 18.9 Å². The minimum absolute atomic E-state index is 0.00274. The molecule has 2 aliphatic rings. The Morgan fingerprint density at radius 2 is 2.02 bits per heavy atom. The van der Waals surface area contributed by atoms with Gasteiger partial charge in [0.1, 0.15) is 22.2 Å². The number of carbonyl (C=O) groups is 1. The zero-order chi connectivity index (χ0) is 28.9. The predicted molar refractivity (Wildman–Crippen MR) is 146 cm³/mol. The van der Waals surface area contributed by atoms with Gasteiger partial charge in [0, 0.05) is 35.1 Å². The van der Waals surface area contributed by atoms with Gasteiger partial charge in [0.05, 0.1) is 48.6 Å². The summed E-state index contributed by atoms with van der Waals surface area (Å²) in [5, 5.41) is 13.2. The number of benzene rings is 1. The summed E-state index contributed by atoms with van der Waals surface area (Å²) in [4.78, 5) is 25.4. The molecule has 13 heteroatoms. The molecule has 41 heavy (non-hydrogen) atoms. The molecular weight excluding hydrogens is 556 g/mol. The van der Waals surface area contributed by atoms with E-state index >= 15 is 8.78 Å². The van der Waals surface area contributed by atoms with E-state index in [0.29, 0.717) is 36.3 Å². The van der Waals surface area contributed by atoms with Crippen molar-refractivity contribution in [2.45, 2.75) is 46.0 Å². The van der Waals surface area contributed by atoms with Crippen molar-refractivity contribution in [3.63, 3.8) is 0 Å². The molecule has 6 rings (SSSR count). The van der Waals surface area contributed by atoms with E-state index in [1.165, 1.54) is 6.20 Å². The molecule has 2 aliphatic heterocycles. The monoisotopic (exact) mass is 581 g/mol. The third kappa shape index (κ3) is 5.03. The topological polar surface area (TPSA) is 128 Å². The van der Waals surface area contributed by atoms with Crippen molar-refractivity contribution in [2.75, 3.05) is 25.1 Å². The van der Waals surface area contributed by atoms with Gasteiger partial charge < -0.3 is 18.9 Å². The second-order valence-electron chi connectivity index (χ2n) is 10.8. The fraction of sp³-hybridized carbons (Fsp3) is 0.393. The van der Waals surface area contributed by atoms with Crippen molar-refractivity contribution >= 4 is 43.4 Å². The van der Waals surface area contributed by atoms with Crippen LogP contribution in [0.15, 0.2) is 12.4 Å². The van der Waals surface area contributed by atoms with Gasteiger partial charge in [0.15, 0.2) is 11.6 Å². The van der Waals surface area contributed by atoms with E-state index in [2.05, 4.69) is 20.3 Å². The van der Waals surface area contributed by atoms with Gasteiger partial charge in [-0.1, -0.05) is 0 Å². The summed E-state index contributed by atoms with van der Waals surface area (Å²) in [6, 6.07) is 2.04. The van der Waals surface area contributed by atoms with Crippen LogP contribution in [0.1, 0.15) is 43.9 Å². The minimum Gasteiger partial charge on any atom is -0.463 e. The van der Waals surface area contributed by atoms with Crippen molar-refractivity contribution in [3.05, 3.63) is 40.7 Å². The summed E-state index contributed by atoms with van der Waals surface area (Å²) in [5.74, 6) is -1.24. The normalized spacial score (nSPS) is 16.6. The second-order valence-corrected chi connectivity index (χ2v) is 11.8. The Hall–Kier alpha value is -3.99. The number of pyridine rings is 1. The Kier molecular flexibility index (Phi) is 6.93. The summed E-state index contributed by atoms with van der Waals surface area (Å²) < 4.78 is 53.7. The number of fused-ring (bicyclic) bond motifs is 4. The molecule has 3 aromatic heterocycles. The van der Waals surface area contributed by atoms with Crippen LogP contribution in [-0.4, -0.2) is 46.5 Å². The number of nitriles is 1. The number of carbonyl (C=O) groups excluding carboxylic acids is 1. The van der Waals surface area contributed by atoms with E-state index in [-0.39, 0.29) is 62.6 Å². The summed E-state index contributed by atoms with van der Waals surface area (Å²) in [6.07, 6.45) is 2.52. The van der Waals surface area contributed by atoms with Crippen LogP contribution in [0.2, 0.25) is 0 Å². The predicted octanol–water partition coefficient (Wildman–Crippen LogP) is 5.85. The zero-order valence-electron chi connectivity index (χ0n) is 22.5. The van der Waals surface area contributed by atoms with Gasteiger partial charge in [0.25, 0.3) is 0 Å². The van der Waals surface area contributed by atoms with Gasteiger partial charge >= 0.3 is 12.1 Å². The summed E-state index contributed by atoms with van der Waals surface area (Å²) in [5.41, 5.74) is 0.404. The SMILES string of the molecule is CC(C)(C)OC(=O)Nc1sc2c(F)cnc(-c3c4c(c5cnc(OC[C@H]6CCOC6)nc5c3F)COC4)c2c1C#N. The molecule has 10 nitrogen and oxygen atoms in total. The second kappa shape index (κ2) is 10.4. The Balaban J connectivity index is 1.50. The molecular formula is C28H25F2N5O5S. The highest BCUT2D eigenvalue weighted by molar-refractivity contribution is 7.23. The maximum Gasteiger partial charge on any atom is 0.412 e. The number of halogens is 2. The summed E-state index contributed by atoms with van der Waals surface area (Å²) in [6.45, 7) is 6.92. The van der Waals surface area contributed by atoms with Gasteiger partial charge in [0.2, 0.25) is 0 Å². The van der Waals surface area contributed by atoms with Gasteiger partial charge in [-0.3, -0.25) is 10.3 Å². The number of hydrogen-bond donors (Lipinski definition) is 1. The molecule has 1 fully saturated rings. The maximum atomic E-state index is 16.5. The molecule has 0 saturated carbocycles. The first-order chi connectivity index (χ1) is 19.6. The number of hydrogen-bond acceptors (Lipinski definition) is 10. The van der Waals surface area contributed by atoms with Crippen molar-refractivity contribution in [3.8, 4) is 23.3 Å². The number of anilines is 1. The molecule has 1 atom stereocenters. The fourth-order valence-corrected chi connectivity index (χ4v) is 6.01. The highest BCUT2D eigenvalue weighted by Crippen LogP contribution is 2.45. The number of nitrogens with one attached hydrogen (secondary N) is 1. The number of aromatic nitrogens is 3. The first-order valence-corrected chi connectivity index (χ1v) is 13.8.